The van der Waals surface area contributed by atoms with Crippen molar-refractivity contribution < 1.29 is 22.7 Å². The van der Waals surface area contributed by atoms with Crippen LogP contribution in [0.4, 0.5) is 19.0 Å². The first kappa shape index (κ1) is 33.2. The zero-order valence-corrected chi connectivity index (χ0v) is 27.6. The highest BCUT2D eigenvalue weighted by Crippen LogP contribution is 2.40. The van der Waals surface area contributed by atoms with Gasteiger partial charge < -0.3 is 14.5 Å². The predicted molar refractivity (Wildman–Crippen MR) is 182 cm³/mol. The fourth-order valence-electron chi connectivity index (χ4n) is 7.54. The van der Waals surface area contributed by atoms with Gasteiger partial charge in [0.25, 0.3) is 0 Å². The smallest absolute Gasteiger partial charge is 0.318 e. The molecule has 5 heterocycles. The molecule has 1 amide bonds. The molecule has 48 heavy (non-hydrogen) atoms. The predicted octanol–water partition coefficient (Wildman–Crippen LogP) is 6.31. The molecular weight excluding hydrogens is 617 g/mol. The number of likely N-dealkylation sites (N-methyl/N-ethyl adjacent to an activating group) is 1. The van der Waals surface area contributed by atoms with E-state index in [1.54, 1.807) is 29.2 Å². The second kappa shape index (κ2) is 13.1. The largest absolute Gasteiger partial charge is 0.467 e. The molecule has 0 saturated carbocycles. The molecule has 3 aliphatic rings. The highest BCUT2D eigenvalue weighted by atomic mass is 19.1. The minimum Gasteiger partial charge on any atom is -0.467 e. The number of amides is 1. The molecule has 7 rings (SSSR count). The number of rotatable bonds is 5. The maximum Gasteiger partial charge on any atom is 0.318 e. The van der Waals surface area contributed by atoms with Crippen molar-refractivity contribution in [2.45, 2.75) is 63.3 Å². The summed E-state index contributed by atoms with van der Waals surface area (Å²) < 4.78 is 48.9. The van der Waals surface area contributed by atoms with E-state index in [0.29, 0.717) is 47.1 Å². The van der Waals surface area contributed by atoms with E-state index in [-0.39, 0.29) is 46.3 Å². The van der Waals surface area contributed by atoms with E-state index in [2.05, 4.69) is 39.3 Å². The van der Waals surface area contributed by atoms with Crippen LogP contribution in [-0.4, -0.2) is 88.2 Å². The normalized spacial score (nSPS) is 23.5. The Labute approximate surface area is 278 Å². The number of pyridine rings is 1. The number of hydrogen-bond acceptors (Lipinski definition) is 7. The molecular formula is C37H39F3N6O2. The molecule has 0 radical (unpaired) electrons. The molecule has 0 aliphatic carbocycles. The molecule has 2 aromatic heterocycles. The standard InChI is InChI=1S/C29H25F2N5O2.C8H14FN/c1-6-19-22(30)12-11-17-9-8-10-20(24(17)19)26-25(31)27-21(14-32-26)28(34-29(33-27)38-5)35(4)18-13-16(3)36(15-18)23(37)7-2;1-8-3-2-4-10(8)6-7(9)5-8/h1,7-12,14,16,18H,2,13,15H2,3-5H3;7H,2-6H2,1H3. The van der Waals surface area contributed by atoms with Crippen LogP contribution in [0.2, 0.25) is 0 Å². The summed E-state index contributed by atoms with van der Waals surface area (Å²) in [5, 5.41) is 1.43. The van der Waals surface area contributed by atoms with Gasteiger partial charge in [-0.1, -0.05) is 36.8 Å². The zero-order valence-electron chi connectivity index (χ0n) is 27.6. The molecule has 4 unspecified atom stereocenters. The Morgan fingerprint density at radius 3 is 2.73 bits per heavy atom. The first-order valence-electron chi connectivity index (χ1n) is 16.1. The van der Waals surface area contributed by atoms with Crippen LogP contribution in [0.5, 0.6) is 6.01 Å². The molecule has 0 spiro atoms. The number of ether oxygens (including phenoxy) is 1. The molecule has 8 nitrogen and oxygen atoms in total. The number of anilines is 1. The number of carbonyl (C=O) groups is 1. The maximum atomic E-state index is 16.2. The van der Waals surface area contributed by atoms with Crippen LogP contribution in [-0.2, 0) is 4.79 Å². The van der Waals surface area contributed by atoms with Crippen molar-refractivity contribution in [1.82, 2.24) is 24.8 Å². The number of hydrogen-bond donors (Lipinski definition) is 0. The van der Waals surface area contributed by atoms with Crippen molar-refractivity contribution in [3.05, 3.63) is 66.4 Å². The quantitative estimate of drug-likeness (QED) is 0.184. The lowest BCUT2D eigenvalue weighted by Gasteiger charge is -2.27. The third-order valence-electron chi connectivity index (χ3n) is 10.1. The molecule has 4 aromatic rings. The number of alkyl halides is 1. The monoisotopic (exact) mass is 656 g/mol. The van der Waals surface area contributed by atoms with E-state index in [9.17, 15) is 13.6 Å². The van der Waals surface area contributed by atoms with Gasteiger partial charge in [0, 0.05) is 54.9 Å². The Morgan fingerprint density at radius 1 is 1.23 bits per heavy atom. The number of nitrogens with zero attached hydrogens (tertiary/aromatic N) is 6. The number of aromatic nitrogens is 3. The van der Waals surface area contributed by atoms with Crippen molar-refractivity contribution in [2.24, 2.45) is 0 Å². The third kappa shape index (κ3) is 5.83. The van der Waals surface area contributed by atoms with Crippen LogP contribution in [0.3, 0.4) is 0 Å². The van der Waals surface area contributed by atoms with Gasteiger partial charge in [0.05, 0.1) is 18.1 Å². The minimum atomic E-state index is -0.708. The van der Waals surface area contributed by atoms with E-state index >= 15 is 4.39 Å². The van der Waals surface area contributed by atoms with Gasteiger partial charge in [-0.3, -0.25) is 14.7 Å². The molecule has 250 valence electrons. The van der Waals surface area contributed by atoms with Crippen molar-refractivity contribution in [3.63, 3.8) is 0 Å². The lowest BCUT2D eigenvalue weighted by atomic mass is 9.96. The van der Waals surface area contributed by atoms with Gasteiger partial charge in [-0.2, -0.15) is 9.97 Å². The van der Waals surface area contributed by atoms with E-state index < -0.39 is 17.8 Å². The van der Waals surface area contributed by atoms with Gasteiger partial charge in [-0.25, -0.2) is 13.2 Å². The maximum absolute atomic E-state index is 16.2. The van der Waals surface area contributed by atoms with Crippen LogP contribution >= 0.6 is 0 Å². The lowest BCUT2D eigenvalue weighted by molar-refractivity contribution is -0.126. The first-order chi connectivity index (χ1) is 23.0. The van der Waals surface area contributed by atoms with Gasteiger partial charge in [-0.15, -0.1) is 6.42 Å². The van der Waals surface area contributed by atoms with Crippen LogP contribution in [0, 0.1) is 24.0 Å². The molecule has 3 fully saturated rings. The molecule has 4 atom stereocenters. The van der Waals surface area contributed by atoms with Crippen LogP contribution in [0.15, 0.2) is 49.2 Å². The van der Waals surface area contributed by atoms with Gasteiger partial charge in [0.1, 0.15) is 29.0 Å². The van der Waals surface area contributed by atoms with Crippen molar-refractivity contribution >= 4 is 33.4 Å². The average molecular weight is 657 g/mol. The Morgan fingerprint density at radius 2 is 2.02 bits per heavy atom. The number of terminal acetylenes is 1. The average Bonchev–Trinajstić information content (AvgIpc) is 3.73. The summed E-state index contributed by atoms with van der Waals surface area (Å²) in [6.07, 6.45) is 11.8. The van der Waals surface area contributed by atoms with Crippen molar-refractivity contribution in [1.29, 1.82) is 0 Å². The summed E-state index contributed by atoms with van der Waals surface area (Å²) in [6.45, 7) is 10.0. The number of fused-ring (bicyclic) bond motifs is 3. The van der Waals surface area contributed by atoms with Crippen LogP contribution in [0.1, 0.15) is 45.1 Å². The van der Waals surface area contributed by atoms with E-state index in [1.807, 2.05) is 18.9 Å². The van der Waals surface area contributed by atoms with E-state index in [0.717, 1.165) is 13.0 Å². The summed E-state index contributed by atoms with van der Waals surface area (Å²) >= 11 is 0. The van der Waals surface area contributed by atoms with Gasteiger partial charge in [0.15, 0.2) is 5.82 Å². The van der Waals surface area contributed by atoms with Crippen LogP contribution < -0.4 is 9.64 Å². The number of carbonyl (C=O) groups excluding carboxylic acids is 1. The Hall–Kier alpha value is -4.69. The van der Waals surface area contributed by atoms with Gasteiger partial charge in [-0.05, 0) is 63.6 Å². The second-order valence-corrected chi connectivity index (χ2v) is 13.1. The summed E-state index contributed by atoms with van der Waals surface area (Å²) in [6, 6.07) is 7.94. The molecule has 3 saturated heterocycles. The zero-order chi connectivity index (χ0) is 34.3. The van der Waals surface area contributed by atoms with Crippen molar-refractivity contribution in [2.75, 3.05) is 38.7 Å². The number of halogens is 3. The van der Waals surface area contributed by atoms with Crippen LogP contribution in [0.25, 0.3) is 32.9 Å². The molecule has 2 aromatic carbocycles. The Bertz CT molecular complexity index is 1950. The lowest BCUT2D eigenvalue weighted by Crippen LogP contribution is -2.37. The van der Waals surface area contributed by atoms with Crippen molar-refractivity contribution in [3.8, 4) is 29.6 Å². The molecule has 11 heteroatoms. The SMILES string of the molecule is C#Cc1c(F)ccc2cccc(-c3ncc4c(N(C)C5CC(C)N(C(=O)C=C)C5)nc(OC)nc4c3F)c12.CC12CCCN1CC(F)C2. The molecule has 0 bridgehead atoms. The van der Waals surface area contributed by atoms with E-state index in [4.69, 9.17) is 11.2 Å². The Kier molecular flexibility index (Phi) is 9.05. The van der Waals surface area contributed by atoms with E-state index in [1.165, 1.54) is 38.3 Å². The number of benzene rings is 2. The first-order valence-corrected chi connectivity index (χ1v) is 16.1. The second-order valence-electron chi connectivity index (χ2n) is 13.1. The fraction of sp³-hybridized carbons (Fsp3) is 0.405. The van der Waals surface area contributed by atoms with Gasteiger partial charge in [0.2, 0.25) is 5.91 Å². The summed E-state index contributed by atoms with van der Waals surface area (Å²) in [7, 11) is 3.23. The summed E-state index contributed by atoms with van der Waals surface area (Å²) in [5.41, 5.74) is 0.611. The molecule has 3 aliphatic heterocycles. The summed E-state index contributed by atoms with van der Waals surface area (Å²) in [5.74, 6) is 1.38. The summed E-state index contributed by atoms with van der Waals surface area (Å²) in [4.78, 5) is 31.4. The number of methoxy groups -OCH3 is 1. The fourth-order valence-corrected chi connectivity index (χ4v) is 7.54. The Balaban J connectivity index is 0.000000340. The van der Waals surface area contributed by atoms with Gasteiger partial charge >= 0.3 is 6.01 Å². The number of likely N-dealkylation sites (tertiary alicyclic amines) is 1. The highest BCUT2D eigenvalue weighted by Gasteiger charge is 2.44. The minimum absolute atomic E-state index is 0.00141. The topological polar surface area (TPSA) is 74.7 Å². The highest BCUT2D eigenvalue weighted by molar-refractivity contribution is 6.02. The third-order valence-corrected chi connectivity index (χ3v) is 10.1. The molecule has 0 N–H and O–H groups in total.